The third kappa shape index (κ3) is 3.63. The number of rotatable bonds is 0. The van der Waals surface area contributed by atoms with Crippen LogP contribution in [0.3, 0.4) is 0 Å². The average molecular weight is 417 g/mol. The van der Waals surface area contributed by atoms with Crippen molar-refractivity contribution < 1.29 is 0 Å². The Hall–Kier alpha value is -0.420. The van der Waals surface area contributed by atoms with Gasteiger partial charge in [-0.25, -0.2) is 0 Å². The summed E-state index contributed by atoms with van der Waals surface area (Å²) in [7, 11) is 0. The molecule has 2 aromatic rings. The van der Waals surface area contributed by atoms with Crippen LogP contribution in [0.1, 0.15) is 52.7 Å². The van der Waals surface area contributed by atoms with Gasteiger partial charge >= 0.3 is 0 Å². The molecule has 2 aromatic carbocycles. The van der Waals surface area contributed by atoms with E-state index in [4.69, 9.17) is 0 Å². The molecule has 0 N–H and O–H groups in total. The predicted octanol–water partition coefficient (Wildman–Crippen LogP) is 8.50. The van der Waals surface area contributed by atoms with E-state index < -0.39 is 0 Å². The van der Waals surface area contributed by atoms with Crippen LogP contribution in [0.2, 0.25) is 0 Å². The smallest absolute Gasteiger partial charge is 0.0706 e. The van der Waals surface area contributed by atoms with Gasteiger partial charge in [0.25, 0.3) is 0 Å². The molecule has 0 nitrogen and oxygen atoms in total. The van der Waals surface area contributed by atoms with Crippen molar-refractivity contribution in [1.82, 2.24) is 0 Å². The summed E-state index contributed by atoms with van der Waals surface area (Å²) in [6.45, 7) is 13.7. The molecular weight excluding hydrogens is 393 g/mol. The summed E-state index contributed by atoms with van der Waals surface area (Å²) >= 11 is 7.76. The van der Waals surface area contributed by atoms with Crippen molar-refractivity contribution in [2.75, 3.05) is 0 Å². The molecule has 2 aliphatic rings. The highest BCUT2D eigenvalue weighted by atomic mass is 32.2. The van der Waals surface area contributed by atoms with Crippen molar-refractivity contribution in [2.24, 2.45) is 0 Å². The van der Waals surface area contributed by atoms with Gasteiger partial charge in [0.1, 0.15) is 0 Å². The normalized spacial score (nSPS) is 19.6. The molecule has 0 fully saturated rings. The Labute approximate surface area is 174 Å². The molecule has 0 saturated carbocycles. The Balaban J connectivity index is 1.61. The first-order valence-electron chi connectivity index (χ1n) is 8.86. The topological polar surface area (TPSA) is 0 Å². The molecule has 4 rings (SSSR count). The Morgan fingerprint density at radius 1 is 0.500 bits per heavy atom. The van der Waals surface area contributed by atoms with Gasteiger partial charge in [0.2, 0.25) is 0 Å². The van der Waals surface area contributed by atoms with Gasteiger partial charge in [-0.1, -0.05) is 101 Å². The summed E-state index contributed by atoms with van der Waals surface area (Å²) in [4.78, 5) is 5.63. The number of thioether (sulfide) groups is 4. The van der Waals surface area contributed by atoms with E-state index in [0.717, 1.165) is 0 Å². The minimum Gasteiger partial charge on any atom is -0.0798 e. The molecule has 0 amide bonds. The zero-order valence-corrected chi connectivity index (χ0v) is 19.4. The summed E-state index contributed by atoms with van der Waals surface area (Å²) in [6.07, 6.45) is 0. The first kappa shape index (κ1) is 18.9. The molecule has 0 radical (unpaired) electrons. The SMILES string of the molecule is CC(C)(C)c1ccc2c(c1)S/C(=C1/Sc3ccc(C(C)(C)C)cc3S1)S2. The highest BCUT2D eigenvalue weighted by Crippen LogP contribution is 2.61. The maximum atomic E-state index is 2.38. The number of benzene rings is 2. The Kier molecular flexibility index (Phi) is 4.79. The van der Waals surface area contributed by atoms with E-state index in [1.807, 2.05) is 47.0 Å². The molecule has 0 bridgehead atoms. The van der Waals surface area contributed by atoms with Crippen molar-refractivity contribution in [1.29, 1.82) is 0 Å². The van der Waals surface area contributed by atoms with Gasteiger partial charge in [0.05, 0.1) is 8.47 Å². The van der Waals surface area contributed by atoms with Gasteiger partial charge in [0, 0.05) is 19.6 Å². The van der Waals surface area contributed by atoms with Crippen LogP contribution in [0.15, 0.2) is 64.5 Å². The van der Waals surface area contributed by atoms with Crippen LogP contribution in [0.5, 0.6) is 0 Å². The lowest BCUT2D eigenvalue weighted by Crippen LogP contribution is -2.10. The molecule has 2 aliphatic heterocycles. The van der Waals surface area contributed by atoms with E-state index >= 15 is 0 Å². The van der Waals surface area contributed by atoms with Crippen LogP contribution in [-0.2, 0) is 10.8 Å². The quantitative estimate of drug-likeness (QED) is 0.422. The van der Waals surface area contributed by atoms with Crippen LogP contribution >= 0.6 is 47.0 Å². The van der Waals surface area contributed by atoms with Gasteiger partial charge in [-0.2, -0.15) is 0 Å². The van der Waals surface area contributed by atoms with Crippen LogP contribution < -0.4 is 0 Å². The number of hydrogen-bond donors (Lipinski definition) is 0. The van der Waals surface area contributed by atoms with E-state index in [2.05, 4.69) is 77.9 Å². The van der Waals surface area contributed by atoms with Crippen LogP contribution in [0, 0.1) is 0 Å². The predicted molar refractivity (Wildman–Crippen MR) is 121 cm³/mol. The van der Waals surface area contributed by atoms with E-state index in [1.165, 1.54) is 39.2 Å². The second-order valence-corrected chi connectivity index (χ2v) is 13.5. The maximum absolute atomic E-state index is 2.38. The molecule has 0 spiro atoms. The fraction of sp³-hybridized carbons (Fsp3) is 0.364. The third-order valence-corrected chi connectivity index (χ3v) is 10.2. The van der Waals surface area contributed by atoms with Crippen LogP contribution in [0.4, 0.5) is 0 Å². The molecule has 0 aromatic heterocycles. The molecule has 0 unspecified atom stereocenters. The summed E-state index contributed by atoms with van der Waals surface area (Å²) < 4.78 is 2.88. The highest BCUT2D eigenvalue weighted by Gasteiger charge is 2.28. The summed E-state index contributed by atoms with van der Waals surface area (Å²) in [5.74, 6) is 0. The maximum Gasteiger partial charge on any atom is 0.0706 e. The zero-order chi connectivity index (χ0) is 18.7. The Bertz CT molecular complexity index is 835. The lowest BCUT2D eigenvalue weighted by molar-refractivity contribution is 0.587. The second kappa shape index (κ2) is 6.58. The van der Waals surface area contributed by atoms with E-state index in [0.29, 0.717) is 0 Å². The van der Waals surface area contributed by atoms with Crippen molar-refractivity contribution in [2.45, 2.75) is 72.0 Å². The van der Waals surface area contributed by atoms with Gasteiger partial charge in [-0.05, 0) is 46.2 Å². The molecule has 26 heavy (non-hydrogen) atoms. The monoisotopic (exact) mass is 416 g/mol. The molecule has 2 heterocycles. The standard InChI is InChI=1S/C22H24S4/c1-21(2,3)13-7-9-15-17(11-13)25-19(23-15)20-24-16-10-8-14(22(4,5)6)12-18(16)26-20/h7-12H,1-6H3/b20-19-. The molecule has 136 valence electrons. The van der Waals surface area contributed by atoms with Gasteiger partial charge in [0.15, 0.2) is 0 Å². The van der Waals surface area contributed by atoms with Gasteiger partial charge in [-0.15, -0.1) is 0 Å². The fourth-order valence-electron chi connectivity index (χ4n) is 2.89. The van der Waals surface area contributed by atoms with Crippen molar-refractivity contribution in [3.8, 4) is 0 Å². The molecule has 0 aliphatic carbocycles. The summed E-state index contributed by atoms with van der Waals surface area (Å²) in [6, 6.07) is 14.0. The lowest BCUT2D eigenvalue weighted by Gasteiger charge is -2.19. The van der Waals surface area contributed by atoms with E-state index in [-0.39, 0.29) is 10.8 Å². The fourth-order valence-corrected chi connectivity index (χ4v) is 8.23. The average Bonchev–Trinajstić information content (AvgIpc) is 3.15. The second-order valence-electron chi connectivity index (χ2n) is 8.81. The molecular formula is C22H24S4. The third-order valence-electron chi connectivity index (χ3n) is 4.60. The zero-order valence-electron chi connectivity index (χ0n) is 16.1. The van der Waals surface area contributed by atoms with Crippen LogP contribution in [0.25, 0.3) is 0 Å². The van der Waals surface area contributed by atoms with Gasteiger partial charge in [-0.3, -0.25) is 0 Å². The minimum absolute atomic E-state index is 0.201. The van der Waals surface area contributed by atoms with Crippen molar-refractivity contribution >= 4 is 47.0 Å². The molecule has 4 heteroatoms. The van der Waals surface area contributed by atoms with Crippen LogP contribution in [-0.4, -0.2) is 0 Å². The van der Waals surface area contributed by atoms with E-state index in [1.54, 1.807) is 0 Å². The van der Waals surface area contributed by atoms with Gasteiger partial charge < -0.3 is 0 Å². The van der Waals surface area contributed by atoms with E-state index in [9.17, 15) is 0 Å². The minimum atomic E-state index is 0.201. The largest absolute Gasteiger partial charge is 0.0798 e. The lowest BCUT2D eigenvalue weighted by atomic mass is 9.87. The van der Waals surface area contributed by atoms with Crippen molar-refractivity contribution in [3.63, 3.8) is 0 Å². The first-order valence-corrected chi connectivity index (χ1v) is 12.1. The first-order chi connectivity index (χ1) is 12.1. The molecule has 0 atom stereocenters. The summed E-state index contributed by atoms with van der Waals surface area (Å²) in [5.41, 5.74) is 3.24. The summed E-state index contributed by atoms with van der Waals surface area (Å²) in [5, 5.41) is 0. The Morgan fingerprint density at radius 3 is 1.19 bits per heavy atom. The number of hydrogen-bond acceptors (Lipinski definition) is 4. The molecule has 0 saturated heterocycles. The van der Waals surface area contributed by atoms with Crippen molar-refractivity contribution in [3.05, 3.63) is 56.0 Å². The number of fused-ring (bicyclic) bond motifs is 2. The highest BCUT2D eigenvalue weighted by molar-refractivity contribution is 8.30. The Morgan fingerprint density at radius 2 is 0.846 bits per heavy atom.